The zero-order valence-electron chi connectivity index (χ0n) is 18.8. The Balaban J connectivity index is 1.96. The van der Waals surface area contributed by atoms with Crippen molar-refractivity contribution in [1.82, 2.24) is 5.32 Å². The molecule has 1 unspecified atom stereocenters. The number of ether oxygens (including phenoxy) is 1. The number of nitrogens with one attached hydrogen (secondary N) is 1. The fourth-order valence-corrected chi connectivity index (χ4v) is 4.57. The Bertz CT molecular complexity index is 1230. The number of allylic oxidation sites excluding steroid dienone is 3. The number of esters is 1. The molecule has 2 aromatic carbocycles. The lowest BCUT2D eigenvalue weighted by Gasteiger charge is -2.31. The maximum Gasteiger partial charge on any atom is 0.336 e. The van der Waals surface area contributed by atoms with E-state index >= 15 is 0 Å². The van der Waals surface area contributed by atoms with Crippen molar-refractivity contribution in [2.24, 2.45) is 5.92 Å². The summed E-state index contributed by atoms with van der Waals surface area (Å²) in [6.07, 6.45) is 0.344. The first-order chi connectivity index (χ1) is 15.3. The van der Waals surface area contributed by atoms with Crippen molar-refractivity contribution < 1.29 is 14.3 Å². The molecule has 0 spiro atoms. The van der Waals surface area contributed by atoms with Gasteiger partial charge in [0.05, 0.1) is 29.7 Å². The number of nitriles is 1. The molecule has 1 N–H and O–H groups in total. The molecule has 0 saturated heterocycles. The molecule has 0 aromatic heterocycles. The highest BCUT2D eigenvalue weighted by Gasteiger charge is 2.37. The molecule has 1 atom stereocenters. The van der Waals surface area contributed by atoms with Crippen LogP contribution in [0.3, 0.4) is 0 Å². The molecule has 0 amide bonds. The van der Waals surface area contributed by atoms with E-state index in [2.05, 4.69) is 11.4 Å². The number of Topliss-reactive ketones (excluding diaryl/α,β-unsaturated/α-hetero) is 1. The molecule has 5 heteroatoms. The summed E-state index contributed by atoms with van der Waals surface area (Å²) in [6, 6.07) is 15.7. The van der Waals surface area contributed by atoms with Crippen molar-refractivity contribution in [2.75, 3.05) is 6.61 Å². The van der Waals surface area contributed by atoms with E-state index < -0.39 is 11.9 Å². The Labute approximate surface area is 188 Å². The maximum atomic E-state index is 13.2. The van der Waals surface area contributed by atoms with E-state index in [9.17, 15) is 14.9 Å². The van der Waals surface area contributed by atoms with Crippen LogP contribution in [0.1, 0.15) is 55.1 Å². The predicted molar refractivity (Wildman–Crippen MR) is 123 cm³/mol. The molecule has 5 nitrogen and oxygen atoms in total. The number of ketones is 1. The van der Waals surface area contributed by atoms with Gasteiger partial charge in [-0.25, -0.2) is 4.79 Å². The Morgan fingerprint density at radius 1 is 1.12 bits per heavy atom. The van der Waals surface area contributed by atoms with Crippen molar-refractivity contribution in [3.05, 3.63) is 81.7 Å². The van der Waals surface area contributed by atoms with E-state index in [4.69, 9.17) is 4.74 Å². The minimum absolute atomic E-state index is 0.0401. The first-order valence-electron chi connectivity index (χ1n) is 10.8. The van der Waals surface area contributed by atoms with E-state index in [0.717, 1.165) is 22.3 Å². The third-order valence-corrected chi connectivity index (χ3v) is 5.99. The summed E-state index contributed by atoms with van der Waals surface area (Å²) in [5.74, 6) is -0.827. The second-order valence-electron chi connectivity index (χ2n) is 8.77. The summed E-state index contributed by atoms with van der Waals surface area (Å²) in [5.41, 5.74) is 6.35. The molecule has 0 saturated carbocycles. The average molecular weight is 427 g/mol. The molecular formula is C27H26N2O3. The highest BCUT2D eigenvalue weighted by Crippen LogP contribution is 2.45. The maximum absolute atomic E-state index is 13.2. The highest BCUT2D eigenvalue weighted by atomic mass is 16.5. The van der Waals surface area contributed by atoms with Crippen LogP contribution in [0.2, 0.25) is 0 Å². The molecule has 1 aliphatic carbocycles. The lowest BCUT2D eigenvalue weighted by Crippen LogP contribution is -2.30. The second kappa shape index (κ2) is 8.47. The average Bonchev–Trinajstić information content (AvgIpc) is 2.76. The number of nitrogens with zero attached hydrogens (tertiary/aromatic N) is 1. The molecule has 162 valence electrons. The van der Waals surface area contributed by atoms with Gasteiger partial charge in [-0.2, -0.15) is 5.26 Å². The fraction of sp³-hybridized carbons (Fsp3) is 0.296. The molecule has 0 fully saturated rings. The monoisotopic (exact) mass is 426 g/mol. The van der Waals surface area contributed by atoms with Gasteiger partial charge in [0.1, 0.15) is 0 Å². The van der Waals surface area contributed by atoms with Gasteiger partial charge in [0.2, 0.25) is 0 Å². The minimum Gasteiger partial charge on any atom is -0.462 e. The Hall–Kier alpha value is -3.65. The Morgan fingerprint density at radius 2 is 1.84 bits per heavy atom. The molecule has 1 heterocycles. The molecule has 2 aromatic rings. The molecule has 0 bridgehead atoms. The Kier molecular flexibility index (Phi) is 5.71. The standard InChI is InChI=1S/C27H26N2O3/c1-15(2)14-32-27(31)24-17(4)29-16(3)22(13-28)26(24)21-11-7-10-20-23(30)12-18-8-5-6-9-19(18)25(20)21/h5-11,15,26,29H,12,14H2,1-4H3. The van der Waals surface area contributed by atoms with E-state index in [1.54, 1.807) is 0 Å². The van der Waals surface area contributed by atoms with Gasteiger partial charge in [-0.3, -0.25) is 4.79 Å². The summed E-state index contributed by atoms with van der Waals surface area (Å²) in [4.78, 5) is 26.2. The fourth-order valence-electron chi connectivity index (χ4n) is 4.57. The third kappa shape index (κ3) is 3.62. The van der Waals surface area contributed by atoms with Crippen LogP contribution in [-0.4, -0.2) is 18.4 Å². The van der Waals surface area contributed by atoms with Gasteiger partial charge in [0, 0.05) is 23.4 Å². The normalized spacial score (nSPS) is 17.5. The van der Waals surface area contributed by atoms with Gasteiger partial charge in [-0.05, 0) is 42.0 Å². The third-order valence-electron chi connectivity index (χ3n) is 5.99. The van der Waals surface area contributed by atoms with E-state index in [1.165, 1.54) is 0 Å². The number of carbonyl (C=O) groups is 2. The topological polar surface area (TPSA) is 79.2 Å². The smallest absolute Gasteiger partial charge is 0.336 e. The van der Waals surface area contributed by atoms with Crippen molar-refractivity contribution in [2.45, 2.75) is 40.0 Å². The minimum atomic E-state index is -0.616. The summed E-state index contributed by atoms with van der Waals surface area (Å²) < 4.78 is 5.59. The first kappa shape index (κ1) is 21.6. The summed E-state index contributed by atoms with van der Waals surface area (Å²) in [7, 11) is 0. The number of dihydropyridines is 1. The van der Waals surface area contributed by atoms with Gasteiger partial charge in [-0.1, -0.05) is 56.3 Å². The number of carbonyl (C=O) groups excluding carboxylic acids is 2. The number of rotatable bonds is 4. The molecule has 4 rings (SSSR count). The lowest BCUT2D eigenvalue weighted by atomic mass is 9.74. The van der Waals surface area contributed by atoms with Crippen LogP contribution in [0.25, 0.3) is 11.1 Å². The second-order valence-corrected chi connectivity index (χ2v) is 8.77. The molecule has 32 heavy (non-hydrogen) atoms. The summed E-state index contributed by atoms with van der Waals surface area (Å²) >= 11 is 0. The van der Waals surface area contributed by atoms with Crippen LogP contribution in [0.4, 0.5) is 0 Å². The van der Waals surface area contributed by atoms with Gasteiger partial charge >= 0.3 is 5.97 Å². The number of fused-ring (bicyclic) bond motifs is 3. The van der Waals surface area contributed by atoms with Crippen LogP contribution < -0.4 is 5.32 Å². The van der Waals surface area contributed by atoms with E-state index in [0.29, 0.717) is 41.1 Å². The number of hydrogen-bond donors (Lipinski definition) is 1. The summed E-state index contributed by atoms with van der Waals surface area (Å²) in [5, 5.41) is 13.2. The van der Waals surface area contributed by atoms with Crippen molar-refractivity contribution >= 4 is 11.8 Å². The molecule has 0 radical (unpaired) electrons. The van der Waals surface area contributed by atoms with Crippen molar-refractivity contribution in [3.63, 3.8) is 0 Å². The highest BCUT2D eigenvalue weighted by molar-refractivity contribution is 6.08. The number of benzene rings is 2. The largest absolute Gasteiger partial charge is 0.462 e. The SMILES string of the molecule is CC1=C(C#N)C(c2cccc3c2-c2ccccc2CC3=O)C(C(=O)OCC(C)C)=C(C)N1. The van der Waals surface area contributed by atoms with E-state index in [1.807, 2.05) is 70.2 Å². The zero-order valence-corrected chi connectivity index (χ0v) is 18.8. The zero-order chi connectivity index (χ0) is 23.0. The molecular weight excluding hydrogens is 400 g/mol. The number of hydrogen-bond acceptors (Lipinski definition) is 5. The van der Waals surface area contributed by atoms with Gasteiger partial charge in [-0.15, -0.1) is 0 Å². The van der Waals surface area contributed by atoms with Gasteiger partial charge in [0.25, 0.3) is 0 Å². The summed E-state index contributed by atoms with van der Waals surface area (Å²) in [6.45, 7) is 7.91. The van der Waals surface area contributed by atoms with Crippen LogP contribution in [0.5, 0.6) is 0 Å². The quantitative estimate of drug-likeness (QED) is 0.692. The van der Waals surface area contributed by atoms with Gasteiger partial charge in [0.15, 0.2) is 5.78 Å². The predicted octanol–water partition coefficient (Wildman–Crippen LogP) is 5.05. The first-order valence-corrected chi connectivity index (χ1v) is 10.8. The van der Waals surface area contributed by atoms with Crippen LogP contribution in [0, 0.1) is 17.2 Å². The van der Waals surface area contributed by atoms with E-state index in [-0.39, 0.29) is 11.7 Å². The van der Waals surface area contributed by atoms with Crippen LogP contribution in [-0.2, 0) is 16.0 Å². The van der Waals surface area contributed by atoms with Gasteiger partial charge < -0.3 is 10.1 Å². The van der Waals surface area contributed by atoms with Crippen molar-refractivity contribution in [3.8, 4) is 17.2 Å². The van der Waals surface area contributed by atoms with Crippen LogP contribution >= 0.6 is 0 Å². The van der Waals surface area contributed by atoms with Crippen molar-refractivity contribution in [1.29, 1.82) is 5.26 Å². The molecule has 1 aliphatic heterocycles. The molecule has 2 aliphatic rings. The lowest BCUT2D eigenvalue weighted by molar-refractivity contribution is -0.140. The van der Waals surface area contributed by atoms with Crippen LogP contribution in [0.15, 0.2) is 65.0 Å². The Morgan fingerprint density at radius 3 is 2.56 bits per heavy atom.